The van der Waals surface area contributed by atoms with Crippen LogP contribution in [-0.4, -0.2) is 26.1 Å². The first-order valence-electron chi connectivity index (χ1n) is 9.42. The zero-order chi connectivity index (χ0) is 18.6. The monoisotopic (exact) mass is 377 g/mol. The van der Waals surface area contributed by atoms with Crippen LogP contribution in [0.5, 0.6) is 0 Å². The van der Waals surface area contributed by atoms with Crippen LogP contribution in [0.3, 0.4) is 0 Å². The zero-order valence-corrected chi connectivity index (χ0v) is 16.0. The Hall–Kier alpha value is -1.73. The minimum Gasteiger partial charge on any atom is -0.273 e. The lowest BCUT2D eigenvalue weighted by Gasteiger charge is -2.16. The van der Waals surface area contributed by atoms with E-state index in [4.69, 9.17) is 0 Å². The molecule has 26 heavy (non-hydrogen) atoms. The Morgan fingerprint density at radius 2 is 1.77 bits per heavy atom. The van der Waals surface area contributed by atoms with Gasteiger partial charge in [0.25, 0.3) is 0 Å². The van der Waals surface area contributed by atoms with Gasteiger partial charge in [-0.2, -0.15) is 5.10 Å². The maximum atomic E-state index is 12.7. The van der Waals surface area contributed by atoms with Crippen LogP contribution in [0.4, 0.5) is 0 Å². The minimum absolute atomic E-state index is 0.0127. The molecule has 2 aliphatic rings. The van der Waals surface area contributed by atoms with Crippen molar-refractivity contribution < 1.29 is 13.2 Å². The van der Waals surface area contributed by atoms with Crippen LogP contribution >= 0.6 is 0 Å². The number of carbonyl (C=O) groups is 1. The average molecular weight is 378 g/mol. The highest BCUT2D eigenvalue weighted by Crippen LogP contribution is 2.28. The van der Waals surface area contributed by atoms with Gasteiger partial charge in [-0.05, 0) is 50.3 Å². The summed E-state index contributed by atoms with van der Waals surface area (Å²) < 4.78 is 28.3. The molecule has 0 aromatic heterocycles. The lowest BCUT2D eigenvalue weighted by atomic mass is 10.1. The molecule has 1 amide bonds. The maximum Gasteiger partial charge on any atom is 0.243 e. The standard InChI is InChI=1S/C19H27N3O3S/c1-14(20-21-19(23)15-11-12-15)16-7-6-10-18(13-16)26(24,25)22-17-8-4-2-3-5-9-17/h6-7,10,13,15,17,22H,2-5,8-9,11-12H2,1H3,(H,21,23)/b20-14+. The van der Waals surface area contributed by atoms with Crippen LogP contribution in [0.25, 0.3) is 0 Å². The molecule has 0 atom stereocenters. The third-order valence-electron chi connectivity index (χ3n) is 5.02. The number of nitrogens with one attached hydrogen (secondary N) is 2. The summed E-state index contributed by atoms with van der Waals surface area (Å²) in [6.07, 6.45) is 8.12. The molecule has 2 aliphatic carbocycles. The number of hydrogen-bond donors (Lipinski definition) is 2. The van der Waals surface area contributed by atoms with Crippen LogP contribution in [-0.2, 0) is 14.8 Å². The molecular weight excluding hydrogens is 350 g/mol. The number of sulfonamides is 1. The van der Waals surface area contributed by atoms with Crippen molar-refractivity contribution in [2.24, 2.45) is 11.0 Å². The Kier molecular flexibility index (Phi) is 6.09. The van der Waals surface area contributed by atoms with Gasteiger partial charge in [0.2, 0.25) is 15.9 Å². The number of rotatable bonds is 6. The second-order valence-corrected chi connectivity index (χ2v) is 9.00. The maximum absolute atomic E-state index is 12.7. The Labute approximate surface area is 155 Å². The third-order valence-corrected chi connectivity index (χ3v) is 6.54. The normalized spacial score (nSPS) is 19.8. The van der Waals surface area contributed by atoms with E-state index in [2.05, 4.69) is 15.2 Å². The van der Waals surface area contributed by atoms with Gasteiger partial charge in [-0.25, -0.2) is 18.6 Å². The topological polar surface area (TPSA) is 87.6 Å². The molecule has 2 saturated carbocycles. The van der Waals surface area contributed by atoms with Gasteiger partial charge in [-0.3, -0.25) is 4.79 Å². The van der Waals surface area contributed by atoms with Crippen molar-refractivity contribution in [3.05, 3.63) is 29.8 Å². The Morgan fingerprint density at radius 1 is 1.08 bits per heavy atom. The Morgan fingerprint density at radius 3 is 2.42 bits per heavy atom. The first-order chi connectivity index (χ1) is 12.5. The first-order valence-corrected chi connectivity index (χ1v) is 10.9. The van der Waals surface area contributed by atoms with Gasteiger partial charge in [0.1, 0.15) is 0 Å². The van der Waals surface area contributed by atoms with Crippen LogP contribution in [0.15, 0.2) is 34.3 Å². The lowest BCUT2D eigenvalue weighted by molar-refractivity contribution is -0.122. The van der Waals surface area contributed by atoms with E-state index >= 15 is 0 Å². The lowest BCUT2D eigenvalue weighted by Crippen LogP contribution is -2.34. The largest absolute Gasteiger partial charge is 0.273 e. The summed E-state index contributed by atoms with van der Waals surface area (Å²) in [5.74, 6) is 0.0187. The van der Waals surface area contributed by atoms with E-state index < -0.39 is 10.0 Å². The summed E-state index contributed by atoms with van der Waals surface area (Å²) in [5.41, 5.74) is 3.83. The highest BCUT2D eigenvalue weighted by atomic mass is 32.2. The summed E-state index contributed by atoms with van der Waals surface area (Å²) in [5, 5.41) is 4.11. The smallest absolute Gasteiger partial charge is 0.243 e. The van der Waals surface area contributed by atoms with E-state index in [9.17, 15) is 13.2 Å². The van der Waals surface area contributed by atoms with Crippen molar-refractivity contribution >= 4 is 21.6 Å². The molecule has 1 aromatic carbocycles. The summed E-state index contributed by atoms with van der Waals surface area (Å²) in [7, 11) is -3.56. The fourth-order valence-electron chi connectivity index (χ4n) is 3.21. The molecule has 0 aliphatic heterocycles. The summed E-state index contributed by atoms with van der Waals surface area (Å²) in [4.78, 5) is 11.9. The van der Waals surface area contributed by atoms with E-state index in [1.165, 1.54) is 12.8 Å². The van der Waals surface area contributed by atoms with Crippen molar-refractivity contribution in [2.45, 2.75) is 69.2 Å². The highest BCUT2D eigenvalue weighted by molar-refractivity contribution is 7.89. The van der Waals surface area contributed by atoms with E-state index in [0.29, 0.717) is 11.3 Å². The molecule has 0 heterocycles. The third kappa shape index (κ3) is 5.14. The second kappa shape index (κ2) is 8.31. The number of benzene rings is 1. The molecule has 0 spiro atoms. The van der Waals surface area contributed by atoms with Crippen molar-refractivity contribution in [1.82, 2.24) is 10.1 Å². The fourth-order valence-corrected chi connectivity index (χ4v) is 4.56. The molecule has 2 fully saturated rings. The number of nitrogens with zero attached hydrogens (tertiary/aromatic N) is 1. The summed E-state index contributed by atoms with van der Waals surface area (Å²) in [6, 6.07) is 6.73. The number of hydrazone groups is 1. The Bertz CT molecular complexity index is 777. The molecule has 6 nitrogen and oxygen atoms in total. The van der Waals surface area contributed by atoms with E-state index in [-0.39, 0.29) is 22.8 Å². The van der Waals surface area contributed by atoms with E-state index in [1.54, 1.807) is 31.2 Å². The van der Waals surface area contributed by atoms with Crippen molar-refractivity contribution in [2.75, 3.05) is 0 Å². The van der Waals surface area contributed by atoms with Gasteiger partial charge >= 0.3 is 0 Å². The molecule has 0 radical (unpaired) electrons. The highest BCUT2D eigenvalue weighted by Gasteiger charge is 2.29. The molecule has 142 valence electrons. The number of hydrogen-bond acceptors (Lipinski definition) is 4. The number of carbonyl (C=O) groups excluding carboxylic acids is 1. The van der Waals surface area contributed by atoms with Gasteiger partial charge < -0.3 is 0 Å². The summed E-state index contributed by atoms with van der Waals surface area (Å²) in [6.45, 7) is 1.76. The van der Waals surface area contributed by atoms with E-state index in [1.807, 2.05) is 0 Å². The molecule has 0 bridgehead atoms. The quantitative estimate of drug-likeness (QED) is 0.454. The molecule has 3 rings (SSSR count). The SMILES string of the molecule is C/C(=N\NC(=O)C1CC1)c1cccc(S(=O)(=O)NC2CCCCCC2)c1. The zero-order valence-electron chi connectivity index (χ0n) is 15.2. The van der Waals surface area contributed by atoms with Crippen LogP contribution < -0.4 is 10.1 Å². The molecule has 2 N–H and O–H groups in total. The van der Waals surface area contributed by atoms with Crippen LogP contribution in [0.2, 0.25) is 0 Å². The van der Waals surface area contributed by atoms with Gasteiger partial charge in [-0.1, -0.05) is 37.8 Å². The Balaban J connectivity index is 1.70. The van der Waals surface area contributed by atoms with Crippen LogP contribution in [0, 0.1) is 5.92 Å². The van der Waals surface area contributed by atoms with Crippen LogP contribution in [0.1, 0.15) is 63.9 Å². The molecule has 7 heteroatoms. The predicted octanol–water partition coefficient (Wildman–Crippen LogP) is 2.94. The molecule has 1 aromatic rings. The van der Waals surface area contributed by atoms with E-state index in [0.717, 1.165) is 38.5 Å². The minimum atomic E-state index is -3.56. The molecule has 0 saturated heterocycles. The first kappa shape index (κ1) is 19.0. The fraction of sp³-hybridized carbons (Fsp3) is 0.579. The van der Waals surface area contributed by atoms with Gasteiger partial charge in [0.15, 0.2) is 0 Å². The van der Waals surface area contributed by atoms with Crippen molar-refractivity contribution in [3.8, 4) is 0 Å². The molecular formula is C19H27N3O3S. The number of amides is 1. The average Bonchev–Trinajstić information content (AvgIpc) is 3.47. The second-order valence-electron chi connectivity index (χ2n) is 7.29. The van der Waals surface area contributed by atoms with Crippen molar-refractivity contribution in [3.63, 3.8) is 0 Å². The molecule has 0 unspecified atom stereocenters. The van der Waals surface area contributed by atoms with Gasteiger partial charge in [-0.15, -0.1) is 0 Å². The van der Waals surface area contributed by atoms with Crippen molar-refractivity contribution in [1.29, 1.82) is 0 Å². The van der Waals surface area contributed by atoms with Gasteiger partial charge in [0.05, 0.1) is 10.6 Å². The van der Waals surface area contributed by atoms with Gasteiger partial charge in [0, 0.05) is 12.0 Å². The summed E-state index contributed by atoms with van der Waals surface area (Å²) >= 11 is 0. The predicted molar refractivity (Wildman–Crippen MR) is 101 cm³/mol.